The summed E-state index contributed by atoms with van der Waals surface area (Å²) in [5, 5.41) is 3.52. The maximum atomic E-state index is 3.91. The minimum Gasteiger partial charge on any atom is -0.316 e. The molecule has 0 atom stereocenters. The van der Waals surface area contributed by atoms with Gasteiger partial charge in [-0.3, -0.25) is 0 Å². The molecule has 0 radical (unpaired) electrons. The Kier molecular flexibility index (Phi) is 7.76. The van der Waals surface area contributed by atoms with Crippen LogP contribution in [-0.4, -0.2) is 13.1 Å². The minimum absolute atomic E-state index is 0.449. The Morgan fingerprint density at radius 2 is 1.93 bits per heavy atom. The molecule has 0 spiro atoms. The zero-order chi connectivity index (χ0) is 11.7. The molecule has 0 aliphatic heterocycles. The molecule has 0 unspecified atom stereocenters. The third kappa shape index (κ3) is 9.99. The van der Waals surface area contributed by atoms with Crippen molar-refractivity contribution in [3.63, 3.8) is 0 Å². The number of rotatable bonds is 9. The SMILES string of the molecule is C=C(C)CCNCC(C)(C)CCCCC. The Bertz CT molecular complexity index is 170. The summed E-state index contributed by atoms with van der Waals surface area (Å²) in [6.45, 7) is 15.2. The Hall–Kier alpha value is -0.300. The number of nitrogens with one attached hydrogen (secondary N) is 1. The molecule has 0 rings (SSSR count). The van der Waals surface area contributed by atoms with Crippen molar-refractivity contribution >= 4 is 0 Å². The molecule has 0 amide bonds. The van der Waals surface area contributed by atoms with Crippen molar-refractivity contribution in [2.45, 2.75) is 59.8 Å². The van der Waals surface area contributed by atoms with Gasteiger partial charge in [0.05, 0.1) is 0 Å². The van der Waals surface area contributed by atoms with Gasteiger partial charge in [0.1, 0.15) is 0 Å². The maximum Gasteiger partial charge on any atom is 0.000264 e. The highest BCUT2D eigenvalue weighted by Crippen LogP contribution is 2.22. The van der Waals surface area contributed by atoms with Gasteiger partial charge in [-0.2, -0.15) is 0 Å². The van der Waals surface area contributed by atoms with E-state index < -0.39 is 0 Å². The molecule has 0 aromatic rings. The molecule has 0 heterocycles. The average molecular weight is 211 g/mol. The number of hydrogen-bond acceptors (Lipinski definition) is 1. The highest BCUT2D eigenvalue weighted by atomic mass is 14.9. The zero-order valence-corrected chi connectivity index (χ0v) is 11.2. The standard InChI is InChI=1S/C14H29N/c1-6-7-8-10-14(4,5)12-15-11-9-13(2)3/h15H,2,6-12H2,1,3-5H3. The van der Waals surface area contributed by atoms with E-state index in [0.29, 0.717) is 5.41 Å². The molecule has 0 aromatic carbocycles. The second-order valence-electron chi connectivity index (χ2n) is 5.51. The van der Waals surface area contributed by atoms with E-state index in [9.17, 15) is 0 Å². The van der Waals surface area contributed by atoms with Crippen LogP contribution in [0.25, 0.3) is 0 Å². The van der Waals surface area contributed by atoms with Crippen LogP contribution in [-0.2, 0) is 0 Å². The van der Waals surface area contributed by atoms with Gasteiger partial charge in [0.15, 0.2) is 0 Å². The van der Waals surface area contributed by atoms with Crippen LogP contribution in [0.15, 0.2) is 12.2 Å². The largest absolute Gasteiger partial charge is 0.316 e. The summed E-state index contributed by atoms with van der Waals surface area (Å²) in [5.74, 6) is 0. The summed E-state index contributed by atoms with van der Waals surface area (Å²) in [6.07, 6.45) is 6.49. The Balaban J connectivity index is 3.50. The van der Waals surface area contributed by atoms with Crippen LogP contribution in [0.2, 0.25) is 0 Å². The number of unbranched alkanes of at least 4 members (excludes halogenated alkanes) is 2. The normalized spacial score (nSPS) is 11.7. The maximum absolute atomic E-state index is 3.91. The predicted molar refractivity (Wildman–Crippen MR) is 70.2 cm³/mol. The molecule has 0 aliphatic carbocycles. The lowest BCUT2D eigenvalue weighted by Crippen LogP contribution is -2.30. The Labute approximate surface area is 96.3 Å². The third-order valence-electron chi connectivity index (χ3n) is 2.79. The van der Waals surface area contributed by atoms with E-state index in [2.05, 4.69) is 39.6 Å². The lowest BCUT2D eigenvalue weighted by atomic mass is 9.87. The van der Waals surface area contributed by atoms with E-state index in [4.69, 9.17) is 0 Å². The van der Waals surface area contributed by atoms with Crippen molar-refractivity contribution in [1.82, 2.24) is 5.32 Å². The Morgan fingerprint density at radius 3 is 2.47 bits per heavy atom. The van der Waals surface area contributed by atoms with Crippen LogP contribution in [0.1, 0.15) is 59.8 Å². The third-order valence-corrected chi connectivity index (χ3v) is 2.79. The molecule has 0 aliphatic rings. The van der Waals surface area contributed by atoms with E-state index >= 15 is 0 Å². The van der Waals surface area contributed by atoms with Crippen molar-refractivity contribution in [1.29, 1.82) is 0 Å². The second-order valence-corrected chi connectivity index (χ2v) is 5.51. The van der Waals surface area contributed by atoms with Crippen molar-refractivity contribution in [2.75, 3.05) is 13.1 Å². The summed E-state index contributed by atoms with van der Waals surface area (Å²) in [7, 11) is 0. The monoisotopic (exact) mass is 211 g/mol. The molecule has 0 fully saturated rings. The molecule has 1 N–H and O–H groups in total. The van der Waals surface area contributed by atoms with Crippen LogP contribution in [0, 0.1) is 5.41 Å². The first-order chi connectivity index (χ1) is 6.98. The van der Waals surface area contributed by atoms with Crippen LogP contribution in [0.4, 0.5) is 0 Å². The molecule has 0 saturated carbocycles. The first-order valence-electron chi connectivity index (χ1n) is 6.33. The summed E-state index contributed by atoms with van der Waals surface area (Å²) >= 11 is 0. The molecular formula is C14H29N. The number of hydrogen-bond donors (Lipinski definition) is 1. The molecule has 0 saturated heterocycles. The molecule has 1 heteroatoms. The first-order valence-corrected chi connectivity index (χ1v) is 6.33. The molecule has 15 heavy (non-hydrogen) atoms. The average Bonchev–Trinajstić information content (AvgIpc) is 2.13. The van der Waals surface area contributed by atoms with E-state index in [1.165, 1.54) is 31.3 Å². The van der Waals surface area contributed by atoms with Gasteiger partial charge in [-0.25, -0.2) is 0 Å². The van der Waals surface area contributed by atoms with Crippen molar-refractivity contribution < 1.29 is 0 Å². The van der Waals surface area contributed by atoms with E-state index in [1.807, 2.05) is 0 Å². The van der Waals surface area contributed by atoms with E-state index in [-0.39, 0.29) is 0 Å². The van der Waals surface area contributed by atoms with Gasteiger partial charge >= 0.3 is 0 Å². The summed E-state index contributed by atoms with van der Waals surface area (Å²) in [5.41, 5.74) is 1.72. The first kappa shape index (κ1) is 14.7. The summed E-state index contributed by atoms with van der Waals surface area (Å²) in [4.78, 5) is 0. The predicted octanol–water partition coefficient (Wildman–Crippen LogP) is 4.15. The highest BCUT2D eigenvalue weighted by Gasteiger charge is 2.16. The fraction of sp³-hybridized carbons (Fsp3) is 0.857. The quantitative estimate of drug-likeness (QED) is 0.446. The van der Waals surface area contributed by atoms with Crippen LogP contribution in [0.5, 0.6) is 0 Å². The Morgan fingerprint density at radius 1 is 1.27 bits per heavy atom. The van der Waals surface area contributed by atoms with Crippen molar-refractivity contribution in [3.8, 4) is 0 Å². The lowest BCUT2D eigenvalue weighted by Gasteiger charge is -2.25. The van der Waals surface area contributed by atoms with Crippen molar-refractivity contribution in [3.05, 3.63) is 12.2 Å². The molecule has 90 valence electrons. The van der Waals surface area contributed by atoms with E-state index in [1.54, 1.807) is 0 Å². The van der Waals surface area contributed by atoms with Gasteiger partial charge in [0, 0.05) is 6.54 Å². The van der Waals surface area contributed by atoms with E-state index in [0.717, 1.165) is 19.5 Å². The molecule has 0 aromatic heterocycles. The fourth-order valence-electron chi connectivity index (χ4n) is 1.67. The van der Waals surface area contributed by atoms with Crippen LogP contribution >= 0.6 is 0 Å². The van der Waals surface area contributed by atoms with Gasteiger partial charge in [-0.15, -0.1) is 6.58 Å². The van der Waals surface area contributed by atoms with Gasteiger partial charge in [0.25, 0.3) is 0 Å². The van der Waals surface area contributed by atoms with Gasteiger partial charge in [-0.05, 0) is 31.7 Å². The van der Waals surface area contributed by atoms with Crippen molar-refractivity contribution in [2.24, 2.45) is 5.41 Å². The smallest absolute Gasteiger partial charge is 0.000264 e. The van der Waals surface area contributed by atoms with Gasteiger partial charge in [-0.1, -0.05) is 45.6 Å². The van der Waals surface area contributed by atoms with Gasteiger partial charge in [0.2, 0.25) is 0 Å². The van der Waals surface area contributed by atoms with Crippen LogP contribution < -0.4 is 5.32 Å². The lowest BCUT2D eigenvalue weighted by molar-refractivity contribution is 0.303. The molecular weight excluding hydrogens is 182 g/mol. The summed E-state index contributed by atoms with van der Waals surface area (Å²) < 4.78 is 0. The zero-order valence-electron chi connectivity index (χ0n) is 11.2. The second kappa shape index (κ2) is 7.92. The molecule has 1 nitrogen and oxygen atoms in total. The van der Waals surface area contributed by atoms with Gasteiger partial charge < -0.3 is 5.32 Å². The highest BCUT2D eigenvalue weighted by molar-refractivity contribution is 4.88. The topological polar surface area (TPSA) is 12.0 Å². The molecule has 0 bridgehead atoms. The van der Waals surface area contributed by atoms with Crippen LogP contribution in [0.3, 0.4) is 0 Å². The minimum atomic E-state index is 0.449. The fourth-order valence-corrected chi connectivity index (χ4v) is 1.67. The summed E-state index contributed by atoms with van der Waals surface area (Å²) in [6, 6.07) is 0.